The zero-order valence-corrected chi connectivity index (χ0v) is 19.4. The monoisotopic (exact) mass is 454 g/mol. The Morgan fingerprint density at radius 3 is 2.12 bits per heavy atom. The second kappa shape index (κ2) is 11.0. The van der Waals surface area contributed by atoms with Crippen molar-refractivity contribution in [1.29, 1.82) is 0 Å². The van der Waals surface area contributed by atoms with E-state index >= 15 is 0 Å². The summed E-state index contributed by atoms with van der Waals surface area (Å²) in [6.07, 6.45) is 0.232. The van der Waals surface area contributed by atoms with Crippen molar-refractivity contribution in [2.24, 2.45) is 0 Å². The van der Waals surface area contributed by atoms with Crippen LogP contribution in [0.2, 0.25) is 0 Å². The van der Waals surface area contributed by atoms with Gasteiger partial charge >= 0.3 is 0 Å². The highest BCUT2D eigenvalue weighted by molar-refractivity contribution is 5.96. The van der Waals surface area contributed by atoms with Crippen LogP contribution in [0.25, 0.3) is 0 Å². The van der Waals surface area contributed by atoms with E-state index in [1.807, 2.05) is 37.8 Å². The summed E-state index contributed by atoms with van der Waals surface area (Å²) >= 11 is 0. The molecule has 3 amide bonds. The van der Waals surface area contributed by atoms with E-state index in [1.165, 1.54) is 12.1 Å². The van der Waals surface area contributed by atoms with Crippen molar-refractivity contribution in [2.75, 3.05) is 44.6 Å². The van der Waals surface area contributed by atoms with E-state index < -0.39 is 0 Å². The lowest BCUT2D eigenvalue weighted by molar-refractivity contribution is -0.132. The molecule has 1 saturated heterocycles. The predicted molar refractivity (Wildman–Crippen MR) is 125 cm³/mol. The van der Waals surface area contributed by atoms with Gasteiger partial charge in [0.2, 0.25) is 17.7 Å². The fourth-order valence-electron chi connectivity index (χ4n) is 4.04. The molecule has 0 unspecified atom stereocenters. The largest absolute Gasteiger partial charge is 0.346 e. The van der Waals surface area contributed by atoms with Crippen LogP contribution in [0, 0.1) is 26.6 Å². The maximum absolute atomic E-state index is 13.0. The minimum Gasteiger partial charge on any atom is -0.346 e. The second-order valence-corrected chi connectivity index (χ2v) is 8.56. The second-order valence-electron chi connectivity index (χ2n) is 8.56. The Labute approximate surface area is 193 Å². The molecule has 1 fully saturated rings. The van der Waals surface area contributed by atoms with Crippen LogP contribution in [0.3, 0.4) is 0 Å². The first-order valence-corrected chi connectivity index (χ1v) is 11.1. The Balaban J connectivity index is 1.38. The van der Waals surface area contributed by atoms with E-state index in [9.17, 15) is 18.8 Å². The zero-order chi connectivity index (χ0) is 24.0. The van der Waals surface area contributed by atoms with E-state index in [-0.39, 0.29) is 43.0 Å². The molecule has 0 saturated carbocycles. The summed E-state index contributed by atoms with van der Waals surface area (Å²) in [6.45, 7) is 8.19. The van der Waals surface area contributed by atoms with Gasteiger partial charge in [-0.1, -0.05) is 29.8 Å². The van der Waals surface area contributed by atoms with Crippen LogP contribution in [0.4, 0.5) is 10.1 Å². The van der Waals surface area contributed by atoms with Crippen LogP contribution >= 0.6 is 0 Å². The lowest BCUT2D eigenvalue weighted by Crippen LogP contribution is -2.51. The summed E-state index contributed by atoms with van der Waals surface area (Å²) in [5.41, 5.74) is 4.66. The molecule has 1 aliphatic rings. The van der Waals surface area contributed by atoms with E-state index in [2.05, 4.69) is 10.6 Å². The van der Waals surface area contributed by atoms with Crippen molar-refractivity contribution in [2.45, 2.75) is 27.2 Å². The number of nitrogens with one attached hydrogen (secondary N) is 2. The Bertz CT molecular complexity index is 992. The molecule has 1 heterocycles. The molecule has 0 aromatic heterocycles. The van der Waals surface area contributed by atoms with Gasteiger partial charge in [-0.15, -0.1) is 0 Å². The maximum Gasteiger partial charge on any atom is 0.243 e. The van der Waals surface area contributed by atoms with Gasteiger partial charge in [0, 0.05) is 31.9 Å². The average molecular weight is 455 g/mol. The van der Waals surface area contributed by atoms with Crippen molar-refractivity contribution < 1.29 is 18.8 Å². The van der Waals surface area contributed by atoms with Gasteiger partial charge in [0.05, 0.1) is 19.5 Å². The quantitative estimate of drug-likeness (QED) is 0.672. The standard InChI is InChI=1S/C25H31FN4O3/c1-17-12-18(2)25(19(3)13-17)28-22(31)15-27-23(32)16-29-8-10-30(11-9-29)24(33)14-20-4-6-21(26)7-5-20/h4-7,12-13H,8-11,14-16H2,1-3H3,(H,27,32)(H,28,31). The number of carbonyl (C=O) groups is 3. The van der Waals surface area contributed by atoms with Crippen LogP contribution in [0.15, 0.2) is 36.4 Å². The van der Waals surface area contributed by atoms with Crippen molar-refractivity contribution >= 4 is 23.4 Å². The molecular weight excluding hydrogens is 423 g/mol. The summed E-state index contributed by atoms with van der Waals surface area (Å²) in [5, 5.41) is 5.54. The van der Waals surface area contributed by atoms with Crippen LogP contribution in [0.1, 0.15) is 22.3 Å². The molecule has 0 aliphatic carbocycles. The first-order valence-electron chi connectivity index (χ1n) is 11.1. The number of hydrogen-bond acceptors (Lipinski definition) is 4. The molecule has 0 atom stereocenters. The third-order valence-corrected chi connectivity index (χ3v) is 5.75. The van der Waals surface area contributed by atoms with Gasteiger partial charge in [0.15, 0.2) is 0 Å². The summed E-state index contributed by atoms with van der Waals surface area (Å²) in [5.74, 6) is -0.830. The first kappa shape index (κ1) is 24.4. The summed E-state index contributed by atoms with van der Waals surface area (Å²) < 4.78 is 13.0. The van der Waals surface area contributed by atoms with Gasteiger partial charge in [0.1, 0.15) is 5.82 Å². The fourth-order valence-corrected chi connectivity index (χ4v) is 4.04. The number of anilines is 1. The van der Waals surface area contributed by atoms with E-state index in [0.29, 0.717) is 26.2 Å². The average Bonchev–Trinajstić information content (AvgIpc) is 2.77. The van der Waals surface area contributed by atoms with Crippen LogP contribution in [0.5, 0.6) is 0 Å². The van der Waals surface area contributed by atoms with E-state index in [1.54, 1.807) is 17.0 Å². The molecule has 0 radical (unpaired) electrons. The van der Waals surface area contributed by atoms with Gasteiger partial charge in [0.25, 0.3) is 0 Å². The van der Waals surface area contributed by atoms with Gasteiger partial charge in [-0.2, -0.15) is 0 Å². The van der Waals surface area contributed by atoms with E-state index in [4.69, 9.17) is 0 Å². The topological polar surface area (TPSA) is 81.8 Å². The molecule has 7 nitrogen and oxygen atoms in total. The third kappa shape index (κ3) is 7.12. The SMILES string of the molecule is Cc1cc(C)c(NC(=O)CNC(=O)CN2CCN(C(=O)Cc3ccc(F)cc3)CC2)c(C)c1. The number of rotatable bonds is 7. The number of benzene rings is 2. The fraction of sp³-hybridized carbons (Fsp3) is 0.400. The summed E-state index contributed by atoms with van der Waals surface area (Å²) in [6, 6.07) is 9.94. The molecule has 0 bridgehead atoms. The number of aryl methyl sites for hydroxylation is 3. The van der Waals surface area contributed by atoms with Crippen LogP contribution in [-0.2, 0) is 20.8 Å². The highest BCUT2D eigenvalue weighted by Gasteiger charge is 2.22. The lowest BCUT2D eigenvalue weighted by Gasteiger charge is -2.34. The molecule has 176 valence electrons. The molecule has 2 aromatic rings. The minimum atomic E-state index is -0.323. The molecular formula is C25H31FN4O3. The molecule has 2 N–H and O–H groups in total. The summed E-state index contributed by atoms with van der Waals surface area (Å²) in [7, 11) is 0. The van der Waals surface area contributed by atoms with Gasteiger partial charge in [-0.25, -0.2) is 4.39 Å². The molecule has 0 spiro atoms. The van der Waals surface area contributed by atoms with Gasteiger partial charge in [-0.3, -0.25) is 19.3 Å². The maximum atomic E-state index is 13.0. The Kier molecular flexibility index (Phi) is 8.16. The highest BCUT2D eigenvalue weighted by Crippen LogP contribution is 2.21. The number of nitrogens with zero attached hydrogens (tertiary/aromatic N) is 2. The highest BCUT2D eigenvalue weighted by atomic mass is 19.1. The van der Waals surface area contributed by atoms with Crippen molar-refractivity contribution in [3.05, 3.63) is 64.5 Å². The lowest BCUT2D eigenvalue weighted by atomic mass is 10.1. The van der Waals surface area contributed by atoms with E-state index in [0.717, 1.165) is 27.9 Å². The van der Waals surface area contributed by atoms with Crippen LogP contribution < -0.4 is 10.6 Å². The van der Waals surface area contributed by atoms with Crippen LogP contribution in [-0.4, -0.2) is 66.8 Å². The number of carbonyl (C=O) groups excluding carboxylic acids is 3. The Hall–Kier alpha value is -3.26. The Morgan fingerprint density at radius 1 is 0.909 bits per heavy atom. The van der Waals surface area contributed by atoms with Crippen molar-refractivity contribution in [3.63, 3.8) is 0 Å². The third-order valence-electron chi connectivity index (χ3n) is 5.75. The number of amides is 3. The molecule has 3 rings (SSSR count). The summed E-state index contributed by atoms with van der Waals surface area (Å²) in [4.78, 5) is 40.8. The number of halogens is 1. The van der Waals surface area contributed by atoms with Gasteiger partial charge in [-0.05, 0) is 49.6 Å². The van der Waals surface area contributed by atoms with Crippen molar-refractivity contribution in [1.82, 2.24) is 15.1 Å². The minimum absolute atomic E-state index is 0.0101. The predicted octanol–water partition coefficient (Wildman–Crippen LogP) is 2.19. The smallest absolute Gasteiger partial charge is 0.243 e. The van der Waals surface area contributed by atoms with Crippen molar-refractivity contribution in [3.8, 4) is 0 Å². The number of piperazine rings is 1. The molecule has 1 aliphatic heterocycles. The van der Waals surface area contributed by atoms with Gasteiger partial charge < -0.3 is 15.5 Å². The molecule has 33 heavy (non-hydrogen) atoms. The molecule has 8 heteroatoms. The zero-order valence-electron chi connectivity index (χ0n) is 19.4. The Morgan fingerprint density at radius 2 is 1.52 bits per heavy atom. The normalized spacial score (nSPS) is 14.1. The number of hydrogen-bond donors (Lipinski definition) is 2. The molecule has 2 aromatic carbocycles. The first-order chi connectivity index (χ1) is 15.7.